The van der Waals surface area contributed by atoms with E-state index in [0.29, 0.717) is 35.9 Å². The van der Waals surface area contributed by atoms with Crippen molar-refractivity contribution in [1.29, 1.82) is 0 Å². The van der Waals surface area contributed by atoms with Gasteiger partial charge in [-0.05, 0) is 30.9 Å². The fourth-order valence-electron chi connectivity index (χ4n) is 9.03. The molecule has 0 radical (unpaired) electrons. The quantitative estimate of drug-likeness (QED) is 0.799. The topological polar surface area (TPSA) is 43.7 Å². The highest BCUT2D eigenvalue weighted by Crippen LogP contribution is 2.71. The summed E-state index contributed by atoms with van der Waals surface area (Å²) in [6, 6.07) is 9.93. The van der Waals surface area contributed by atoms with Gasteiger partial charge in [-0.25, -0.2) is 0 Å². The molecule has 1 aliphatic carbocycles. The van der Waals surface area contributed by atoms with Gasteiger partial charge in [0.2, 0.25) is 0 Å². The van der Waals surface area contributed by atoms with Crippen molar-refractivity contribution in [1.82, 2.24) is 0 Å². The van der Waals surface area contributed by atoms with Crippen molar-refractivity contribution < 1.29 is 14.7 Å². The average Bonchev–Trinajstić information content (AvgIpc) is 3.04. The molecule has 7 rings (SSSR count). The van der Waals surface area contributed by atoms with Gasteiger partial charge < -0.3 is 15.1 Å². The minimum absolute atomic E-state index is 0.126. The summed E-state index contributed by atoms with van der Waals surface area (Å²) in [7, 11) is 2.22. The molecule has 1 spiro atoms. The van der Waals surface area contributed by atoms with Gasteiger partial charge in [0.15, 0.2) is 6.23 Å². The number of aliphatic hydroxyl groups excluding tert-OH is 2. The van der Waals surface area contributed by atoms with Crippen molar-refractivity contribution in [2.75, 3.05) is 18.5 Å². The van der Waals surface area contributed by atoms with Gasteiger partial charge in [-0.2, -0.15) is 0 Å². The second-order valence-corrected chi connectivity index (χ2v) is 9.67. The van der Waals surface area contributed by atoms with E-state index in [1.54, 1.807) is 0 Å². The number of hydrogen-bond acceptors (Lipinski definition) is 3. The molecule has 1 aromatic carbocycles. The first-order valence-electron chi connectivity index (χ1n) is 10.6. The molecular weight excluding hydrogens is 324 g/mol. The van der Waals surface area contributed by atoms with Crippen LogP contribution < -0.4 is 4.90 Å². The maximum absolute atomic E-state index is 11.8. The molecule has 0 aromatic heterocycles. The summed E-state index contributed by atoms with van der Waals surface area (Å²) in [5.74, 6) is 1.18. The first-order valence-corrected chi connectivity index (χ1v) is 10.6. The summed E-state index contributed by atoms with van der Waals surface area (Å²) in [6.45, 7) is 5.48. The molecule has 4 saturated heterocycles. The average molecular weight is 356 g/mol. The second-order valence-electron chi connectivity index (χ2n) is 9.67. The van der Waals surface area contributed by atoms with Crippen molar-refractivity contribution in [2.45, 2.75) is 69.0 Å². The van der Waals surface area contributed by atoms with Crippen LogP contribution in [0.2, 0.25) is 0 Å². The van der Waals surface area contributed by atoms with Crippen LogP contribution in [0.1, 0.15) is 38.7 Å². The Labute approximate surface area is 156 Å². The number of rotatable bonds is 2. The van der Waals surface area contributed by atoms with Crippen LogP contribution in [0.3, 0.4) is 0 Å². The maximum Gasteiger partial charge on any atom is 0.194 e. The Kier molecular flexibility index (Phi) is 2.85. The lowest BCUT2D eigenvalue weighted by Crippen LogP contribution is -2.82. The lowest BCUT2D eigenvalue weighted by Gasteiger charge is -2.67. The van der Waals surface area contributed by atoms with Gasteiger partial charge in [0, 0.05) is 37.4 Å². The summed E-state index contributed by atoms with van der Waals surface area (Å²) in [5, 5.41) is 23.4. The highest BCUT2D eigenvalue weighted by Gasteiger charge is 2.82. The Bertz CT molecular complexity index is 783. The zero-order valence-electron chi connectivity index (χ0n) is 16.0. The van der Waals surface area contributed by atoms with E-state index in [1.807, 2.05) is 0 Å². The van der Waals surface area contributed by atoms with E-state index in [1.165, 1.54) is 17.7 Å². The molecule has 1 saturated carbocycles. The Balaban J connectivity index is 1.63. The van der Waals surface area contributed by atoms with Crippen LogP contribution in [0.5, 0.6) is 0 Å². The number of quaternary nitrogens is 1. The minimum atomic E-state index is -0.272. The molecule has 10 atom stereocenters. The summed E-state index contributed by atoms with van der Waals surface area (Å²) >= 11 is 0. The summed E-state index contributed by atoms with van der Waals surface area (Å²) in [6.07, 6.45) is 2.71. The van der Waals surface area contributed by atoms with Gasteiger partial charge in [0.05, 0.1) is 30.1 Å². The second kappa shape index (κ2) is 4.65. The van der Waals surface area contributed by atoms with Crippen LogP contribution >= 0.6 is 0 Å². The molecule has 1 aromatic rings. The number of para-hydroxylation sites is 1. The monoisotopic (exact) mass is 355 g/mol. The predicted molar refractivity (Wildman–Crippen MR) is 101 cm³/mol. The molecule has 4 heteroatoms. The predicted octanol–water partition coefficient (Wildman–Crippen LogP) is 2.09. The van der Waals surface area contributed by atoms with Gasteiger partial charge in [0.1, 0.15) is 6.04 Å². The molecule has 4 nitrogen and oxygen atoms in total. The minimum Gasteiger partial charge on any atom is -0.392 e. The molecule has 5 heterocycles. The molecule has 26 heavy (non-hydrogen) atoms. The van der Waals surface area contributed by atoms with Crippen molar-refractivity contribution in [2.24, 2.45) is 17.8 Å². The molecule has 1 unspecified atom stereocenters. The zero-order valence-corrected chi connectivity index (χ0v) is 16.0. The van der Waals surface area contributed by atoms with E-state index in [9.17, 15) is 10.2 Å². The van der Waals surface area contributed by atoms with Gasteiger partial charge in [0.25, 0.3) is 0 Å². The normalized spacial score (nSPS) is 55.3. The molecule has 0 amide bonds. The number of hydrogen-bond donors (Lipinski definition) is 2. The lowest BCUT2D eigenvalue weighted by molar-refractivity contribution is -1.04. The fourth-order valence-corrected chi connectivity index (χ4v) is 9.03. The van der Waals surface area contributed by atoms with Gasteiger partial charge in [-0.1, -0.05) is 25.1 Å². The SMILES string of the molecule is CC[C@@H]1[C@H]2C[C@@H]3[C@H]4N(C)c5ccccc5[C@]45C[C@@H]([C@@H]2[C@@H]5O)[N+]3(CC)[C@@H]1O. The third kappa shape index (κ3) is 1.30. The van der Waals surface area contributed by atoms with Crippen LogP contribution in [-0.4, -0.2) is 58.7 Å². The zero-order chi connectivity index (χ0) is 18.0. The van der Waals surface area contributed by atoms with Crippen LogP contribution in [0.25, 0.3) is 0 Å². The van der Waals surface area contributed by atoms with Crippen molar-refractivity contribution in [3.8, 4) is 0 Å². The first-order chi connectivity index (χ1) is 12.5. The van der Waals surface area contributed by atoms with Crippen molar-refractivity contribution >= 4 is 5.69 Å². The van der Waals surface area contributed by atoms with E-state index in [-0.39, 0.29) is 17.7 Å². The Morgan fingerprint density at radius 2 is 1.96 bits per heavy atom. The fraction of sp³-hybridized carbons (Fsp3) is 0.727. The van der Waals surface area contributed by atoms with Crippen LogP contribution in [0, 0.1) is 17.8 Å². The molecule has 2 N–H and O–H groups in total. The van der Waals surface area contributed by atoms with E-state index in [2.05, 4.69) is 50.1 Å². The molecule has 140 valence electrons. The molecule has 6 aliphatic rings. The van der Waals surface area contributed by atoms with Gasteiger partial charge >= 0.3 is 0 Å². The number of anilines is 1. The van der Waals surface area contributed by atoms with Crippen LogP contribution in [0.4, 0.5) is 5.69 Å². The summed E-state index contributed by atoms with van der Waals surface area (Å²) in [4.78, 5) is 2.46. The van der Waals surface area contributed by atoms with E-state index < -0.39 is 0 Å². The Hall–Kier alpha value is -1.10. The smallest absolute Gasteiger partial charge is 0.194 e. The highest BCUT2D eigenvalue weighted by atomic mass is 16.3. The third-order valence-electron chi connectivity index (χ3n) is 9.67. The third-order valence-corrected chi connectivity index (χ3v) is 9.67. The molecule has 5 fully saturated rings. The van der Waals surface area contributed by atoms with Crippen LogP contribution in [0.15, 0.2) is 24.3 Å². The standard InChI is InChI=1S/C22H31N2O2/c1-4-12-13-10-16-19-22(14-8-6-7-9-15(14)23(19)3)11-17(18(13)20(22)25)24(16,5-2)21(12)26/h6-9,12-13,16-21,25-26H,4-5,10-11H2,1-3H3/q+1/t12-,13-,16-,17+,18-,19-,20+,21-,22-,24?/m1/s1. The number of nitrogens with zero attached hydrogens (tertiary/aromatic N) is 2. The maximum atomic E-state index is 11.8. The van der Waals surface area contributed by atoms with Crippen molar-refractivity contribution in [3.63, 3.8) is 0 Å². The Morgan fingerprint density at radius 1 is 1.19 bits per heavy atom. The van der Waals surface area contributed by atoms with E-state index in [0.717, 1.165) is 23.9 Å². The van der Waals surface area contributed by atoms with Crippen LogP contribution in [-0.2, 0) is 5.41 Å². The van der Waals surface area contributed by atoms with Gasteiger partial charge in [-0.3, -0.25) is 4.48 Å². The Morgan fingerprint density at radius 3 is 2.69 bits per heavy atom. The van der Waals surface area contributed by atoms with Gasteiger partial charge in [-0.15, -0.1) is 0 Å². The number of piperidine rings is 4. The van der Waals surface area contributed by atoms with E-state index >= 15 is 0 Å². The molecule has 5 bridgehead atoms. The number of likely N-dealkylation sites (N-methyl/N-ethyl adjacent to an activating group) is 2. The summed E-state index contributed by atoms with van der Waals surface area (Å²) in [5.41, 5.74) is 2.55. The summed E-state index contributed by atoms with van der Waals surface area (Å²) < 4.78 is 0.849. The number of benzene rings is 1. The van der Waals surface area contributed by atoms with E-state index in [4.69, 9.17) is 0 Å². The largest absolute Gasteiger partial charge is 0.392 e. The highest BCUT2D eigenvalue weighted by molar-refractivity contribution is 5.66. The molecular formula is C22H31N2O2+. The number of fused-ring (bicyclic) bond motifs is 2. The lowest BCUT2D eigenvalue weighted by atomic mass is 9.60. The van der Waals surface area contributed by atoms with Crippen molar-refractivity contribution in [3.05, 3.63) is 29.8 Å². The number of aliphatic hydroxyl groups is 2. The molecule has 5 aliphatic heterocycles. The first kappa shape index (κ1) is 15.9.